The van der Waals surface area contributed by atoms with Crippen LogP contribution in [0.3, 0.4) is 0 Å². The van der Waals surface area contributed by atoms with Gasteiger partial charge < -0.3 is 14.8 Å². The average Bonchev–Trinajstić information content (AvgIpc) is 3.06. The molecule has 25 heavy (non-hydrogen) atoms. The Morgan fingerprint density at radius 2 is 1.88 bits per heavy atom. The highest BCUT2D eigenvalue weighted by Gasteiger charge is 2.23. The van der Waals surface area contributed by atoms with Crippen molar-refractivity contribution in [2.45, 2.75) is 13.5 Å². The van der Waals surface area contributed by atoms with Crippen molar-refractivity contribution in [3.8, 4) is 11.3 Å². The molecule has 1 aromatic carbocycles. The molecule has 0 aliphatic carbocycles. The van der Waals surface area contributed by atoms with Crippen LogP contribution in [-0.2, 0) is 13.6 Å². The number of piperazine rings is 1. The molecule has 0 spiro atoms. The number of benzene rings is 1. The topological polar surface area (TPSA) is 68.0 Å². The molecule has 3 aromatic rings. The summed E-state index contributed by atoms with van der Waals surface area (Å²) in [6.07, 6.45) is 0. The lowest BCUT2D eigenvalue weighted by Crippen LogP contribution is -2.44. The normalized spacial score (nSPS) is 15.0. The van der Waals surface area contributed by atoms with E-state index in [0.29, 0.717) is 17.6 Å². The van der Waals surface area contributed by atoms with Gasteiger partial charge in [0.25, 0.3) is 5.56 Å². The summed E-state index contributed by atoms with van der Waals surface area (Å²) in [5, 5.41) is 7.86. The molecular weight excluding hydrogens is 316 g/mol. The van der Waals surface area contributed by atoms with Crippen molar-refractivity contribution in [1.82, 2.24) is 24.6 Å². The first-order chi connectivity index (χ1) is 12.2. The van der Waals surface area contributed by atoms with Crippen LogP contribution in [0.4, 0.5) is 5.95 Å². The third-order valence-corrected chi connectivity index (χ3v) is 4.68. The van der Waals surface area contributed by atoms with E-state index in [0.717, 1.165) is 43.4 Å². The van der Waals surface area contributed by atoms with Crippen LogP contribution in [0.25, 0.3) is 22.3 Å². The summed E-state index contributed by atoms with van der Waals surface area (Å²) in [4.78, 5) is 19.9. The van der Waals surface area contributed by atoms with Crippen molar-refractivity contribution in [3.05, 3.63) is 40.7 Å². The number of hydrogen-bond acceptors (Lipinski definition) is 5. The second-order valence-electron chi connectivity index (χ2n) is 6.23. The Labute approximate surface area is 145 Å². The fraction of sp³-hybridized carbons (Fsp3) is 0.389. The quantitative estimate of drug-likeness (QED) is 0.778. The molecule has 2 aromatic heterocycles. The fourth-order valence-corrected chi connectivity index (χ4v) is 3.42. The van der Waals surface area contributed by atoms with Gasteiger partial charge in [-0.2, -0.15) is 5.10 Å². The number of nitrogens with zero attached hydrogens (tertiary/aromatic N) is 5. The van der Waals surface area contributed by atoms with Crippen molar-refractivity contribution in [1.29, 1.82) is 0 Å². The second-order valence-corrected chi connectivity index (χ2v) is 6.23. The van der Waals surface area contributed by atoms with E-state index in [1.54, 1.807) is 7.05 Å². The predicted molar refractivity (Wildman–Crippen MR) is 99.0 cm³/mol. The smallest absolute Gasteiger partial charge is 0.292 e. The summed E-state index contributed by atoms with van der Waals surface area (Å²) in [5.74, 6) is 0.862. The van der Waals surface area contributed by atoms with Gasteiger partial charge in [-0.3, -0.25) is 4.79 Å². The van der Waals surface area contributed by atoms with E-state index in [9.17, 15) is 4.79 Å². The number of aromatic nitrogens is 4. The van der Waals surface area contributed by atoms with Gasteiger partial charge in [-0.15, -0.1) is 0 Å². The van der Waals surface area contributed by atoms with Crippen molar-refractivity contribution >= 4 is 17.0 Å². The monoisotopic (exact) mass is 338 g/mol. The number of rotatable bonds is 3. The van der Waals surface area contributed by atoms with Crippen molar-refractivity contribution < 1.29 is 0 Å². The van der Waals surface area contributed by atoms with Gasteiger partial charge >= 0.3 is 0 Å². The fourth-order valence-electron chi connectivity index (χ4n) is 3.42. The lowest BCUT2D eigenvalue weighted by molar-refractivity contribution is 0.569. The lowest BCUT2D eigenvalue weighted by Gasteiger charge is -2.28. The molecule has 0 saturated carbocycles. The van der Waals surface area contributed by atoms with Crippen molar-refractivity contribution in [2.75, 3.05) is 31.1 Å². The Morgan fingerprint density at radius 1 is 1.16 bits per heavy atom. The van der Waals surface area contributed by atoms with E-state index in [1.165, 1.54) is 4.68 Å². The maximum Gasteiger partial charge on any atom is 0.292 e. The summed E-state index contributed by atoms with van der Waals surface area (Å²) in [7, 11) is 1.70. The lowest BCUT2D eigenvalue weighted by atomic mass is 10.1. The Hall–Kier alpha value is -2.67. The standard InChI is InChI=1S/C18H22N6O/c1-3-24-16-15(20-18(24)23-11-9-19-10-12-23)14(21-22(2)17(16)25)13-7-5-4-6-8-13/h4-8,19H,3,9-12H2,1-2H3. The zero-order chi connectivity index (χ0) is 17.4. The minimum absolute atomic E-state index is 0.106. The van der Waals surface area contributed by atoms with Gasteiger partial charge in [0, 0.05) is 45.3 Å². The number of imidazole rings is 1. The molecule has 0 amide bonds. The first-order valence-electron chi connectivity index (χ1n) is 8.69. The van der Waals surface area contributed by atoms with Crippen LogP contribution in [0.15, 0.2) is 35.1 Å². The number of hydrogen-bond donors (Lipinski definition) is 1. The van der Waals surface area contributed by atoms with E-state index >= 15 is 0 Å². The van der Waals surface area contributed by atoms with Gasteiger partial charge in [-0.05, 0) is 6.92 Å². The molecule has 0 atom stereocenters. The highest BCUT2D eigenvalue weighted by atomic mass is 16.1. The Bertz CT molecular complexity index is 953. The van der Waals surface area contributed by atoms with Crippen LogP contribution < -0.4 is 15.8 Å². The largest absolute Gasteiger partial charge is 0.340 e. The summed E-state index contributed by atoms with van der Waals surface area (Å²) in [6, 6.07) is 9.92. The highest BCUT2D eigenvalue weighted by Crippen LogP contribution is 2.28. The number of aryl methyl sites for hydroxylation is 2. The van der Waals surface area contributed by atoms with Crippen LogP contribution in [0.2, 0.25) is 0 Å². The Kier molecular flexibility index (Phi) is 4.01. The molecule has 130 valence electrons. The minimum Gasteiger partial charge on any atom is -0.340 e. The molecule has 0 radical (unpaired) electrons. The molecule has 0 unspecified atom stereocenters. The third-order valence-electron chi connectivity index (χ3n) is 4.68. The number of fused-ring (bicyclic) bond motifs is 1. The molecule has 0 bridgehead atoms. The molecule has 1 fully saturated rings. The van der Waals surface area contributed by atoms with Gasteiger partial charge in [0.2, 0.25) is 5.95 Å². The van der Waals surface area contributed by atoms with Crippen LogP contribution in [0, 0.1) is 0 Å². The van der Waals surface area contributed by atoms with Crippen molar-refractivity contribution in [2.24, 2.45) is 7.05 Å². The Morgan fingerprint density at radius 3 is 2.56 bits per heavy atom. The molecule has 1 aliphatic heterocycles. The summed E-state index contributed by atoms with van der Waals surface area (Å²) in [6.45, 7) is 6.37. The maximum absolute atomic E-state index is 12.8. The van der Waals surface area contributed by atoms with E-state index in [2.05, 4.69) is 22.2 Å². The molecule has 1 N–H and O–H groups in total. The first-order valence-corrected chi connectivity index (χ1v) is 8.69. The zero-order valence-electron chi connectivity index (χ0n) is 14.6. The van der Waals surface area contributed by atoms with Gasteiger partial charge in [-0.1, -0.05) is 30.3 Å². The molecule has 1 saturated heterocycles. The zero-order valence-corrected chi connectivity index (χ0v) is 14.6. The number of anilines is 1. The van der Waals surface area contributed by atoms with Crippen LogP contribution >= 0.6 is 0 Å². The summed E-state index contributed by atoms with van der Waals surface area (Å²) < 4.78 is 3.44. The van der Waals surface area contributed by atoms with Gasteiger partial charge in [0.15, 0.2) is 0 Å². The van der Waals surface area contributed by atoms with E-state index in [1.807, 2.05) is 34.9 Å². The van der Waals surface area contributed by atoms with Crippen LogP contribution in [-0.4, -0.2) is 45.5 Å². The number of nitrogens with one attached hydrogen (secondary N) is 1. The first kappa shape index (κ1) is 15.8. The van der Waals surface area contributed by atoms with Crippen LogP contribution in [0.5, 0.6) is 0 Å². The Balaban J connectivity index is 2.01. The molecule has 1 aliphatic rings. The van der Waals surface area contributed by atoms with E-state index in [4.69, 9.17) is 4.98 Å². The highest BCUT2D eigenvalue weighted by molar-refractivity contribution is 5.90. The van der Waals surface area contributed by atoms with Crippen molar-refractivity contribution in [3.63, 3.8) is 0 Å². The molecule has 4 rings (SSSR count). The maximum atomic E-state index is 12.8. The SMILES string of the molecule is CCn1c(N2CCNCC2)nc2c(-c3ccccc3)nn(C)c(=O)c21. The molecule has 3 heterocycles. The van der Waals surface area contributed by atoms with Gasteiger partial charge in [0.05, 0.1) is 0 Å². The summed E-state index contributed by atoms with van der Waals surface area (Å²) in [5.41, 5.74) is 2.93. The van der Waals surface area contributed by atoms with E-state index < -0.39 is 0 Å². The predicted octanol–water partition coefficient (Wildman–Crippen LogP) is 1.23. The molecular formula is C18H22N6O. The minimum atomic E-state index is -0.106. The van der Waals surface area contributed by atoms with Crippen LogP contribution in [0.1, 0.15) is 6.92 Å². The second kappa shape index (κ2) is 6.33. The molecule has 7 nitrogen and oxygen atoms in total. The average molecular weight is 338 g/mol. The van der Waals surface area contributed by atoms with Gasteiger partial charge in [-0.25, -0.2) is 9.67 Å². The summed E-state index contributed by atoms with van der Waals surface area (Å²) >= 11 is 0. The van der Waals surface area contributed by atoms with Gasteiger partial charge in [0.1, 0.15) is 16.7 Å². The third kappa shape index (κ3) is 2.60. The van der Waals surface area contributed by atoms with E-state index in [-0.39, 0.29) is 5.56 Å². The molecule has 7 heteroatoms.